The number of thiazole rings is 1. The summed E-state index contributed by atoms with van der Waals surface area (Å²) in [6, 6.07) is 8.93. The van der Waals surface area contributed by atoms with Gasteiger partial charge in [-0.25, -0.2) is 13.8 Å². The second-order valence-electron chi connectivity index (χ2n) is 9.43. The van der Waals surface area contributed by atoms with Gasteiger partial charge in [-0.2, -0.15) is 5.26 Å². The van der Waals surface area contributed by atoms with Crippen molar-refractivity contribution in [3.63, 3.8) is 0 Å². The molecule has 6 rings (SSSR count). The number of aromatic nitrogens is 2. The lowest BCUT2D eigenvalue weighted by atomic mass is 9.98. The lowest BCUT2D eigenvalue weighted by Gasteiger charge is -2.37. The first-order chi connectivity index (χ1) is 17.3. The van der Waals surface area contributed by atoms with Gasteiger partial charge in [0.25, 0.3) is 5.91 Å². The maximum absolute atomic E-state index is 15.4. The number of benzene rings is 2. The van der Waals surface area contributed by atoms with E-state index in [1.54, 1.807) is 19.1 Å². The zero-order chi connectivity index (χ0) is 25.1. The molecule has 182 valence electrons. The van der Waals surface area contributed by atoms with Gasteiger partial charge in [-0.05, 0) is 56.9 Å². The summed E-state index contributed by atoms with van der Waals surface area (Å²) in [5.74, 6) is -1.47. The van der Waals surface area contributed by atoms with Crippen LogP contribution in [0.25, 0.3) is 32.7 Å². The summed E-state index contributed by atoms with van der Waals surface area (Å²) in [5, 5.41) is 13.8. The standard InChI is InChI=1S/C26H21F2N5O2S/c1-12-18-9-21(28)19(10-22(18)35-32-12)24-23(13-2-3-14(11-29)20(27)6-13)31-25(36-24)26(34)33-16-4-5-17(33)8-15(30)7-16/h2-3,6,9-10,15-17H,4-5,7-8,30H2,1H3. The number of carbonyl (C=O) groups is 1. The number of halogens is 2. The van der Waals surface area contributed by atoms with Gasteiger partial charge in [-0.3, -0.25) is 4.79 Å². The number of carbonyl (C=O) groups excluding carboxylic acids is 1. The van der Waals surface area contributed by atoms with Crippen LogP contribution < -0.4 is 5.73 Å². The minimum Gasteiger partial charge on any atom is -0.356 e. The average Bonchev–Trinajstić information content (AvgIpc) is 3.53. The molecule has 4 aromatic rings. The van der Waals surface area contributed by atoms with Crippen LogP contribution in [0.4, 0.5) is 8.78 Å². The Morgan fingerprint density at radius 1 is 1.19 bits per heavy atom. The molecule has 10 heteroatoms. The smallest absolute Gasteiger partial charge is 0.283 e. The first-order valence-electron chi connectivity index (χ1n) is 11.7. The van der Waals surface area contributed by atoms with Gasteiger partial charge in [0.1, 0.15) is 17.7 Å². The topological polar surface area (TPSA) is 109 Å². The molecule has 0 saturated carbocycles. The molecule has 2 aromatic carbocycles. The molecule has 7 nitrogen and oxygen atoms in total. The fourth-order valence-electron chi connectivity index (χ4n) is 5.46. The van der Waals surface area contributed by atoms with Crippen LogP contribution in [0.5, 0.6) is 0 Å². The van der Waals surface area contributed by atoms with Crippen LogP contribution in [0.1, 0.15) is 46.7 Å². The number of aryl methyl sites for hydroxylation is 1. The summed E-state index contributed by atoms with van der Waals surface area (Å²) in [6.45, 7) is 1.72. The molecule has 0 radical (unpaired) electrons. The lowest BCUT2D eigenvalue weighted by molar-refractivity contribution is 0.0575. The van der Waals surface area contributed by atoms with Crippen LogP contribution in [0.3, 0.4) is 0 Å². The fraction of sp³-hybridized carbons (Fsp3) is 0.308. The monoisotopic (exact) mass is 505 g/mol. The second-order valence-corrected chi connectivity index (χ2v) is 10.4. The summed E-state index contributed by atoms with van der Waals surface area (Å²) < 4.78 is 35.3. The van der Waals surface area contributed by atoms with Crippen LogP contribution in [0.2, 0.25) is 0 Å². The summed E-state index contributed by atoms with van der Waals surface area (Å²) in [6.07, 6.45) is 3.27. The van der Waals surface area contributed by atoms with Crippen molar-refractivity contribution in [3.05, 3.63) is 58.2 Å². The minimum atomic E-state index is -0.716. The normalized spacial score (nSPS) is 21.2. The van der Waals surface area contributed by atoms with Crippen molar-refractivity contribution in [2.75, 3.05) is 0 Å². The van der Waals surface area contributed by atoms with Crippen molar-refractivity contribution >= 4 is 28.2 Å². The van der Waals surface area contributed by atoms with E-state index in [4.69, 9.17) is 15.5 Å². The molecule has 1 amide bonds. The third-order valence-electron chi connectivity index (χ3n) is 7.16. The van der Waals surface area contributed by atoms with Crippen LogP contribution >= 0.6 is 11.3 Å². The molecule has 36 heavy (non-hydrogen) atoms. The quantitative estimate of drug-likeness (QED) is 0.411. The highest BCUT2D eigenvalue weighted by molar-refractivity contribution is 7.17. The zero-order valence-corrected chi connectivity index (χ0v) is 20.1. The van der Waals surface area contributed by atoms with E-state index < -0.39 is 11.6 Å². The number of piperidine rings is 1. The van der Waals surface area contributed by atoms with E-state index in [2.05, 4.69) is 10.1 Å². The average molecular weight is 506 g/mol. The van der Waals surface area contributed by atoms with E-state index in [1.165, 1.54) is 24.3 Å². The van der Waals surface area contributed by atoms with Crippen molar-refractivity contribution in [1.29, 1.82) is 5.26 Å². The molecule has 2 aromatic heterocycles. The Morgan fingerprint density at radius 2 is 1.94 bits per heavy atom. The maximum Gasteiger partial charge on any atom is 0.283 e. The number of nitriles is 1. The largest absolute Gasteiger partial charge is 0.356 e. The number of nitrogens with two attached hydrogens (primary N) is 1. The van der Waals surface area contributed by atoms with E-state index in [0.29, 0.717) is 27.1 Å². The Balaban J connectivity index is 1.50. The van der Waals surface area contributed by atoms with E-state index in [0.717, 1.165) is 37.0 Å². The number of hydrogen-bond acceptors (Lipinski definition) is 7. The molecule has 2 atom stereocenters. The van der Waals surface area contributed by atoms with Crippen molar-refractivity contribution in [1.82, 2.24) is 15.0 Å². The molecule has 2 unspecified atom stereocenters. The van der Waals surface area contributed by atoms with E-state index in [9.17, 15) is 9.18 Å². The number of hydrogen-bond donors (Lipinski definition) is 1. The van der Waals surface area contributed by atoms with Gasteiger partial charge in [-0.1, -0.05) is 11.2 Å². The fourth-order valence-corrected chi connectivity index (χ4v) is 6.51. The van der Waals surface area contributed by atoms with Gasteiger partial charge >= 0.3 is 0 Å². The summed E-state index contributed by atoms with van der Waals surface area (Å²) in [4.78, 5) is 20.5. The second kappa shape index (κ2) is 8.47. The van der Waals surface area contributed by atoms with Crippen molar-refractivity contribution in [2.24, 2.45) is 5.73 Å². The minimum absolute atomic E-state index is 0.0552. The van der Waals surface area contributed by atoms with E-state index in [1.807, 2.05) is 4.90 Å². The molecule has 2 aliphatic rings. The SMILES string of the molecule is Cc1noc2cc(-c3sc(C(=O)N4C5CCC4CC(N)C5)nc3-c3ccc(C#N)c(F)c3)c(F)cc12. The molecular formula is C26H21F2N5O2S. The highest BCUT2D eigenvalue weighted by atomic mass is 32.1. The van der Waals surface area contributed by atoms with Gasteiger partial charge in [0.2, 0.25) is 0 Å². The third kappa shape index (κ3) is 3.58. The Morgan fingerprint density at radius 3 is 2.64 bits per heavy atom. The van der Waals surface area contributed by atoms with Crippen molar-refractivity contribution < 1.29 is 18.1 Å². The highest BCUT2D eigenvalue weighted by Gasteiger charge is 2.43. The molecule has 0 spiro atoms. The first kappa shape index (κ1) is 22.8. The molecular weight excluding hydrogens is 484 g/mol. The predicted octanol–water partition coefficient (Wildman–Crippen LogP) is 5.17. The zero-order valence-electron chi connectivity index (χ0n) is 19.3. The molecule has 2 bridgehead atoms. The Bertz CT molecular complexity index is 1560. The summed E-state index contributed by atoms with van der Waals surface area (Å²) >= 11 is 1.06. The van der Waals surface area contributed by atoms with Gasteiger partial charge < -0.3 is 15.2 Å². The number of rotatable bonds is 3. The Hall–Kier alpha value is -3.68. The van der Waals surface area contributed by atoms with Gasteiger partial charge in [0.15, 0.2) is 10.6 Å². The first-order valence-corrected chi connectivity index (χ1v) is 12.5. The number of fused-ring (bicyclic) bond motifs is 3. The molecule has 2 aliphatic heterocycles. The van der Waals surface area contributed by atoms with Gasteiger partial charge in [-0.15, -0.1) is 11.3 Å². The van der Waals surface area contributed by atoms with Gasteiger partial charge in [0.05, 0.1) is 21.8 Å². The van der Waals surface area contributed by atoms with Crippen LogP contribution in [-0.2, 0) is 0 Å². The molecule has 4 heterocycles. The molecule has 2 saturated heterocycles. The molecule has 0 aliphatic carbocycles. The van der Waals surface area contributed by atoms with Crippen LogP contribution in [0, 0.1) is 29.9 Å². The van der Waals surface area contributed by atoms with Crippen LogP contribution in [0.15, 0.2) is 34.9 Å². The Kier molecular flexibility index (Phi) is 5.35. The van der Waals surface area contributed by atoms with Crippen LogP contribution in [-0.4, -0.2) is 39.1 Å². The van der Waals surface area contributed by atoms with E-state index >= 15 is 4.39 Å². The predicted molar refractivity (Wildman–Crippen MR) is 130 cm³/mol. The van der Waals surface area contributed by atoms with Crippen molar-refractivity contribution in [3.8, 4) is 27.8 Å². The van der Waals surface area contributed by atoms with E-state index in [-0.39, 0.29) is 45.9 Å². The summed E-state index contributed by atoms with van der Waals surface area (Å²) in [7, 11) is 0. The van der Waals surface area contributed by atoms with Crippen molar-refractivity contribution in [2.45, 2.75) is 50.7 Å². The van der Waals surface area contributed by atoms with Gasteiger partial charge in [0, 0.05) is 34.6 Å². The third-order valence-corrected chi connectivity index (χ3v) is 8.24. The Labute approximate surface area is 209 Å². The number of nitrogens with zero attached hydrogens (tertiary/aromatic N) is 4. The number of amides is 1. The molecule has 2 N–H and O–H groups in total. The summed E-state index contributed by atoms with van der Waals surface area (Å²) in [5.41, 5.74) is 7.80. The lowest BCUT2D eigenvalue weighted by Crippen LogP contribution is -2.50. The molecule has 2 fully saturated rings. The maximum atomic E-state index is 15.4. The highest BCUT2D eigenvalue weighted by Crippen LogP contribution is 2.42.